The number of aromatic nitrogens is 3. The quantitative estimate of drug-likeness (QED) is 0.845. The van der Waals surface area contributed by atoms with Crippen LogP contribution in [0, 0.1) is 6.92 Å². The van der Waals surface area contributed by atoms with E-state index in [4.69, 9.17) is 4.42 Å². The van der Waals surface area contributed by atoms with Crippen molar-refractivity contribution in [3.05, 3.63) is 30.2 Å². The van der Waals surface area contributed by atoms with Gasteiger partial charge in [0.25, 0.3) is 0 Å². The summed E-state index contributed by atoms with van der Waals surface area (Å²) < 4.78 is 7.19. The Morgan fingerprint density at radius 2 is 2.17 bits per heavy atom. The predicted molar refractivity (Wildman–Crippen MR) is 83.2 cm³/mol. The minimum Gasteiger partial charge on any atom is -0.449 e. The molecule has 4 rings (SSSR count). The maximum absolute atomic E-state index is 12.0. The Hall–Kier alpha value is -2.35. The first-order valence-electron chi connectivity index (χ1n) is 7.80. The van der Waals surface area contributed by atoms with Gasteiger partial charge >= 0.3 is 6.03 Å². The molecule has 2 amide bonds. The van der Waals surface area contributed by atoms with Gasteiger partial charge < -0.3 is 9.32 Å². The van der Waals surface area contributed by atoms with E-state index in [1.165, 1.54) is 0 Å². The summed E-state index contributed by atoms with van der Waals surface area (Å²) in [5.41, 5.74) is 1.85. The summed E-state index contributed by atoms with van der Waals surface area (Å²) >= 11 is 0. The third kappa shape index (κ3) is 2.59. The van der Waals surface area contributed by atoms with Crippen molar-refractivity contribution < 1.29 is 9.21 Å². The summed E-state index contributed by atoms with van der Waals surface area (Å²) in [6.07, 6.45) is 5.46. The van der Waals surface area contributed by atoms with Gasteiger partial charge in [0.05, 0.1) is 23.6 Å². The summed E-state index contributed by atoms with van der Waals surface area (Å²) in [4.78, 5) is 22.1. The average molecular weight is 316 g/mol. The fraction of sp³-hybridized carbons (Fsp3) is 0.533. The number of nitrogens with zero attached hydrogens (tertiary/aromatic N) is 6. The Morgan fingerprint density at radius 3 is 2.83 bits per heavy atom. The SMILES string of the molecule is Cc1nc(CN2CC(n3cc(N4CCN(C)C4=O)cn3)C2)co1. The van der Waals surface area contributed by atoms with E-state index >= 15 is 0 Å². The lowest BCUT2D eigenvalue weighted by atomic mass is 10.1. The summed E-state index contributed by atoms with van der Waals surface area (Å²) in [7, 11) is 1.82. The lowest BCUT2D eigenvalue weighted by Crippen LogP contribution is -2.47. The molecule has 0 radical (unpaired) electrons. The Labute approximate surface area is 134 Å². The Morgan fingerprint density at radius 1 is 1.35 bits per heavy atom. The molecule has 2 aliphatic rings. The Balaban J connectivity index is 1.35. The fourth-order valence-electron chi connectivity index (χ4n) is 3.10. The van der Waals surface area contributed by atoms with Gasteiger partial charge in [-0.05, 0) is 0 Å². The molecule has 2 fully saturated rings. The molecule has 4 heterocycles. The molecule has 0 N–H and O–H groups in total. The van der Waals surface area contributed by atoms with Crippen molar-refractivity contribution in [1.29, 1.82) is 0 Å². The number of hydrogen-bond acceptors (Lipinski definition) is 5. The number of aryl methyl sites for hydroxylation is 1. The molecule has 2 aromatic heterocycles. The van der Waals surface area contributed by atoms with Crippen molar-refractivity contribution >= 4 is 11.7 Å². The van der Waals surface area contributed by atoms with Gasteiger partial charge in [-0.15, -0.1) is 0 Å². The van der Waals surface area contributed by atoms with Crippen molar-refractivity contribution in [3.8, 4) is 0 Å². The number of likely N-dealkylation sites (tertiary alicyclic amines) is 1. The van der Waals surface area contributed by atoms with Crippen molar-refractivity contribution in [2.45, 2.75) is 19.5 Å². The van der Waals surface area contributed by atoms with Crippen LogP contribution in [0.1, 0.15) is 17.6 Å². The highest BCUT2D eigenvalue weighted by molar-refractivity contribution is 5.93. The van der Waals surface area contributed by atoms with E-state index in [0.29, 0.717) is 11.9 Å². The number of carbonyl (C=O) groups is 1. The minimum absolute atomic E-state index is 0.0428. The first-order chi connectivity index (χ1) is 11.1. The fourth-order valence-corrected chi connectivity index (χ4v) is 3.10. The summed E-state index contributed by atoms with van der Waals surface area (Å²) in [6, 6.07) is 0.397. The number of oxazole rings is 1. The summed E-state index contributed by atoms with van der Waals surface area (Å²) in [5, 5.41) is 4.43. The van der Waals surface area contributed by atoms with Gasteiger partial charge in [0.1, 0.15) is 6.26 Å². The molecule has 0 bridgehead atoms. The van der Waals surface area contributed by atoms with E-state index in [1.807, 2.05) is 24.9 Å². The zero-order chi connectivity index (χ0) is 16.0. The average Bonchev–Trinajstić information content (AvgIpc) is 3.17. The van der Waals surface area contributed by atoms with E-state index in [9.17, 15) is 4.79 Å². The van der Waals surface area contributed by atoms with Gasteiger partial charge in [-0.3, -0.25) is 14.5 Å². The number of amides is 2. The molecule has 0 saturated carbocycles. The van der Waals surface area contributed by atoms with Gasteiger partial charge in [0, 0.05) is 52.9 Å². The van der Waals surface area contributed by atoms with Crippen LogP contribution in [0.15, 0.2) is 23.1 Å². The van der Waals surface area contributed by atoms with E-state index in [-0.39, 0.29) is 6.03 Å². The summed E-state index contributed by atoms with van der Waals surface area (Å²) in [5.74, 6) is 0.703. The van der Waals surface area contributed by atoms with E-state index < -0.39 is 0 Å². The Bertz CT molecular complexity index is 717. The maximum Gasteiger partial charge on any atom is 0.324 e. The van der Waals surface area contributed by atoms with Gasteiger partial charge in [0.15, 0.2) is 5.89 Å². The van der Waals surface area contributed by atoms with E-state index in [0.717, 1.165) is 44.1 Å². The van der Waals surface area contributed by atoms with Crippen LogP contribution in [-0.4, -0.2) is 63.8 Å². The topological polar surface area (TPSA) is 70.6 Å². The van der Waals surface area contributed by atoms with E-state index in [2.05, 4.69) is 15.0 Å². The largest absolute Gasteiger partial charge is 0.449 e. The molecule has 0 atom stereocenters. The monoisotopic (exact) mass is 316 g/mol. The van der Waals surface area contributed by atoms with Crippen LogP contribution in [0.25, 0.3) is 0 Å². The molecule has 2 saturated heterocycles. The third-order valence-electron chi connectivity index (χ3n) is 4.48. The van der Waals surface area contributed by atoms with Crippen LogP contribution in [0.2, 0.25) is 0 Å². The molecule has 2 aliphatic heterocycles. The molecule has 8 nitrogen and oxygen atoms in total. The van der Waals surface area contributed by atoms with Gasteiger partial charge in [-0.25, -0.2) is 9.78 Å². The highest BCUT2D eigenvalue weighted by atomic mass is 16.3. The highest BCUT2D eigenvalue weighted by Gasteiger charge is 2.31. The van der Waals surface area contributed by atoms with Crippen molar-refractivity contribution in [3.63, 3.8) is 0 Å². The van der Waals surface area contributed by atoms with Crippen LogP contribution >= 0.6 is 0 Å². The molecule has 122 valence electrons. The van der Waals surface area contributed by atoms with Crippen molar-refractivity contribution in [2.24, 2.45) is 0 Å². The second kappa shape index (κ2) is 5.38. The van der Waals surface area contributed by atoms with Crippen LogP contribution in [-0.2, 0) is 6.54 Å². The number of carbonyl (C=O) groups excluding carboxylic acids is 1. The van der Waals surface area contributed by atoms with Crippen LogP contribution < -0.4 is 4.90 Å². The number of urea groups is 1. The number of anilines is 1. The summed E-state index contributed by atoms with van der Waals surface area (Å²) in [6.45, 7) is 6.01. The normalized spacial score (nSPS) is 19.7. The number of rotatable bonds is 4. The molecule has 23 heavy (non-hydrogen) atoms. The molecular formula is C15H20N6O2. The van der Waals surface area contributed by atoms with Crippen LogP contribution in [0.5, 0.6) is 0 Å². The van der Waals surface area contributed by atoms with Gasteiger partial charge in [-0.1, -0.05) is 0 Å². The molecule has 2 aromatic rings. The molecule has 0 aromatic carbocycles. The van der Waals surface area contributed by atoms with Gasteiger partial charge in [0.2, 0.25) is 0 Å². The second-order valence-electron chi connectivity index (χ2n) is 6.24. The zero-order valence-electron chi connectivity index (χ0n) is 13.3. The second-order valence-corrected chi connectivity index (χ2v) is 6.24. The first-order valence-corrected chi connectivity index (χ1v) is 7.80. The predicted octanol–water partition coefficient (Wildman–Crippen LogP) is 1.11. The third-order valence-corrected chi connectivity index (χ3v) is 4.48. The minimum atomic E-state index is 0.0428. The lowest BCUT2D eigenvalue weighted by molar-refractivity contribution is 0.0895. The van der Waals surface area contributed by atoms with Crippen LogP contribution in [0.3, 0.4) is 0 Å². The van der Waals surface area contributed by atoms with Gasteiger partial charge in [-0.2, -0.15) is 5.10 Å². The van der Waals surface area contributed by atoms with Crippen molar-refractivity contribution in [2.75, 3.05) is 38.1 Å². The zero-order valence-corrected chi connectivity index (χ0v) is 13.3. The Kier molecular flexibility index (Phi) is 3.33. The molecular weight excluding hydrogens is 296 g/mol. The van der Waals surface area contributed by atoms with Crippen LogP contribution in [0.4, 0.5) is 10.5 Å². The number of hydrogen-bond donors (Lipinski definition) is 0. The van der Waals surface area contributed by atoms with Crippen molar-refractivity contribution in [1.82, 2.24) is 24.6 Å². The molecule has 0 spiro atoms. The maximum atomic E-state index is 12.0. The first kappa shape index (κ1) is 14.3. The highest BCUT2D eigenvalue weighted by Crippen LogP contribution is 2.26. The molecule has 8 heteroatoms. The number of likely N-dealkylation sites (N-methyl/N-ethyl adjacent to an activating group) is 1. The molecule has 0 aliphatic carbocycles. The lowest BCUT2D eigenvalue weighted by Gasteiger charge is -2.38. The van der Waals surface area contributed by atoms with E-state index in [1.54, 1.807) is 22.3 Å². The molecule has 0 unspecified atom stereocenters. The smallest absolute Gasteiger partial charge is 0.324 e. The standard InChI is InChI=1S/C15H20N6O2/c1-11-17-12(10-23-11)6-19-7-14(8-19)21-9-13(5-16-21)20-4-3-18(2)15(20)22/h5,9-10,14H,3-4,6-8H2,1-2H3.